The van der Waals surface area contributed by atoms with E-state index in [1.807, 2.05) is 36.5 Å². The number of piperidine rings is 1. The van der Waals surface area contributed by atoms with Gasteiger partial charge in [-0.1, -0.05) is 11.6 Å². The summed E-state index contributed by atoms with van der Waals surface area (Å²) in [4.78, 5) is 32.9. The third kappa shape index (κ3) is 6.36. The molecule has 6 bridgehead atoms. The lowest BCUT2D eigenvalue weighted by atomic mass is 9.93. The average molecular weight is 566 g/mol. The minimum Gasteiger partial charge on any atom is -0.357 e. The van der Waals surface area contributed by atoms with Crippen LogP contribution < -0.4 is 20.9 Å². The molecule has 0 radical (unpaired) electrons. The Bertz CT molecular complexity index is 1630. The number of amides is 1. The van der Waals surface area contributed by atoms with Crippen LogP contribution in [0.3, 0.4) is 0 Å². The standard InChI is InChI=1S/C30H28ClN9O/c31-25-18-35-30-37-24-11-21(16-33-17-24)1-2-22-14-23(36-29(25)39-30)3-4-26(22)38-28(41)13-19-6-9-40(10-7-19)27-12-20(15-32)5-8-34-27/h3-5,8,11-12,14,16-19H,1-2,6-7,9-10,13H2,(H,38,41)(H2,35,36,37,39). The van der Waals surface area contributed by atoms with E-state index in [4.69, 9.17) is 11.6 Å². The van der Waals surface area contributed by atoms with E-state index in [1.165, 1.54) is 0 Å². The molecule has 0 aliphatic carbocycles. The zero-order chi connectivity index (χ0) is 28.2. The number of aryl methyl sites for hydroxylation is 2. The molecule has 41 heavy (non-hydrogen) atoms. The molecule has 0 saturated carbocycles. The van der Waals surface area contributed by atoms with Crippen molar-refractivity contribution in [2.24, 2.45) is 5.92 Å². The highest BCUT2D eigenvalue weighted by Crippen LogP contribution is 2.30. The molecular formula is C30H28ClN9O. The maximum atomic E-state index is 13.2. The third-order valence-corrected chi connectivity index (χ3v) is 7.68. The smallest absolute Gasteiger partial charge is 0.229 e. The SMILES string of the molecule is N#Cc1ccnc(N2CCC(CC(=O)Nc3ccc4cc3CCc3cncc(c3)Nc3ncc(Cl)c(n3)N4)CC2)c1. The number of carbonyl (C=O) groups excluding carboxylic acids is 1. The third-order valence-electron chi connectivity index (χ3n) is 7.41. The second-order valence-corrected chi connectivity index (χ2v) is 10.7. The number of nitrogens with zero attached hydrogens (tertiary/aromatic N) is 6. The Morgan fingerprint density at radius 3 is 2.78 bits per heavy atom. The molecule has 1 amide bonds. The van der Waals surface area contributed by atoms with Crippen molar-refractivity contribution < 1.29 is 4.79 Å². The number of anilines is 6. The number of halogens is 1. The van der Waals surface area contributed by atoms with Crippen LogP contribution in [-0.2, 0) is 17.6 Å². The minimum atomic E-state index is 0.00396. The largest absolute Gasteiger partial charge is 0.357 e. The Labute approximate surface area is 242 Å². The molecule has 4 aromatic rings. The van der Waals surface area contributed by atoms with Crippen molar-refractivity contribution in [3.05, 3.63) is 82.9 Å². The molecule has 1 fully saturated rings. The van der Waals surface area contributed by atoms with Gasteiger partial charge in [0.05, 0.1) is 29.7 Å². The first kappa shape index (κ1) is 26.5. The van der Waals surface area contributed by atoms with Crippen LogP contribution in [0.15, 0.2) is 61.2 Å². The van der Waals surface area contributed by atoms with Gasteiger partial charge in [0.15, 0.2) is 5.82 Å². The van der Waals surface area contributed by atoms with E-state index < -0.39 is 0 Å². The van der Waals surface area contributed by atoms with Gasteiger partial charge in [0, 0.05) is 43.3 Å². The molecule has 1 aromatic carbocycles. The van der Waals surface area contributed by atoms with Crippen molar-refractivity contribution in [1.29, 1.82) is 5.26 Å². The van der Waals surface area contributed by atoms with Crippen LogP contribution in [-0.4, -0.2) is 38.9 Å². The van der Waals surface area contributed by atoms with Gasteiger partial charge in [-0.3, -0.25) is 9.78 Å². The van der Waals surface area contributed by atoms with Crippen LogP contribution in [0, 0.1) is 17.2 Å². The van der Waals surface area contributed by atoms with E-state index in [0.717, 1.165) is 66.4 Å². The molecule has 1 saturated heterocycles. The van der Waals surface area contributed by atoms with Gasteiger partial charge in [0.1, 0.15) is 10.8 Å². The number of nitrogens with one attached hydrogen (secondary N) is 3. The molecule has 3 N–H and O–H groups in total. The van der Waals surface area contributed by atoms with E-state index in [2.05, 4.69) is 46.9 Å². The van der Waals surface area contributed by atoms with E-state index >= 15 is 0 Å². The summed E-state index contributed by atoms with van der Waals surface area (Å²) < 4.78 is 0. The predicted octanol–water partition coefficient (Wildman–Crippen LogP) is 5.62. The summed E-state index contributed by atoms with van der Waals surface area (Å²) in [5, 5.41) is 19.2. The number of fused-ring (bicyclic) bond motifs is 6. The second kappa shape index (κ2) is 11.8. The summed E-state index contributed by atoms with van der Waals surface area (Å²) in [6, 6.07) is 13.6. The van der Waals surface area contributed by atoms with Crippen molar-refractivity contribution >= 4 is 52.2 Å². The van der Waals surface area contributed by atoms with E-state index in [9.17, 15) is 10.1 Å². The maximum Gasteiger partial charge on any atom is 0.229 e. The van der Waals surface area contributed by atoms with Crippen LogP contribution in [0.4, 0.5) is 34.6 Å². The number of hydrogen-bond donors (Lipinski definition) is 3. The number of pyridine rings is 2. The molecule has 10 nitrogen and oxygen atoms in total. The first-order valence-electron chi connectivity index (χ1n) is 13.6. The van der Waals surface area contributed by atoms with Crippen molar-refractivity contribution in [1.82, 2.24) is 19.9 Å². The normalized spacial score (nSPS) is 14.8. The molecule has 3 aromatic heterocycles. The van der Waals surface area contributed by atoms with Crippen molar-refractivity contribution in [3.63, 3.8) is 0 Å². The lowest BCUT2D eigenvalue weighted by Gasteiger charge is -2.32. The van der Waals surface area contributed by atoms with E-state index in [0.29, 0.717) is 35.2 Å². The monoisotopic (exact) mass is 565 g/mol. The van der Waals surface area contributed by atoms with Gasteiger partial charge in [0.2, 0.25) is 11.9 Å². The van der Waals surface area contributed by atoms with Crippen molar-refractivity contribution in [3.8, 4) is 6.07 Å². The quantitative estimate of drug-likeness (QED) is 0.288. The Balaban J connectivity index is 1.15. The van der Waals surface area contributed by atoms with Crippen molar-refractivity contribution in [2.75, 3.05) is 33.9 Å². The summed E-state index contributed by atoms with van der Waals surface area (Å²) in [6.45, 7) is 1.61. The van der Waals surface area contributed by atoms with Crippen molar-refractivity contribution in [2.45, 2.75) is 32.1 Å². The summed E-state index contributed by atoms with van der Waals surface area (Å²) in [6.07, 6.45) is 10.5. The molecule has 6 rings (SSSR count). The Kier molecular flexibility index (Phi) is 7.60. The fourth-order valence-corrected chi connectivity index (χ4v) is 5.38. The molecule has 0 unspecified atom stereocenters. The highest BCUT2D eigenvalue weighted by molar-refractivity contribution is 6.32. The second-order valence-electron chi connectivity index (χ2n) is 10.3. The highest BCUT2D eigenvalue weighted by Gasteiger charge is 2.23. The lowest BCUT2D eigenvalue weighted by molar-refractivity contribution is -0.117. The molecule has 0 atom stereocenters. The van der Waals surface area contributed by atoms with Crippen LogP contribution in [0.25, 0.3) is 0 Å². The van der Waals surface area contributed by atoms with Gasteiger partial charge < -0.3 is 20.9 Å². The number of benzene rings is 1. The maximum absolute atomic E-state index is 13.2. The number of aromatic nitrogens is 4. The molecule has 0 spiro atoms. The Morgan fingerprint density at radius 1 is 1.05 bits per heavy atom. The predicted molar refractivity (Wildman–Crippen MR) is 159 cm³/mol. The molecule has 11 heteroatoms. The molecule has 5 heterocycles. The van der Waals surface area contributed by atoms with Gasteiger partial charge in [-0.2, -0.15) is 10.2 Å². The van der Waals surface area contributed by atoms with Gasteiger partial charge in [-0.05, 0) is 79.1 Å². The van der Waals surface area contributed by atoms with Gasteiger partial charge >= 0.3 is 0 Å². The number of carbonyl (C=O) groups is 1. The average Bonchev–Trinajstić information content (AvgIpc) is 2.99. The summed E-state index contributed by atoms with van der Waals surface area (Å²) in [7, 11) is 0. The minimum absolute atomic E-state index is 0.00396. The number of rotatable bonds is 4. The topological polar surface area (TPSA) is 132 Å². The van der Waals surface area contributed by atoms with Crippen LogP contribution >= 0.6 is 11.6 Å². The summed E-state index contributed by atoms with van der Waals surface area (Å²) in [5.74, 6) is 2.00. The zero-order valence-electron chi connectivity index (χ0n) is 22.3. The zero-order valence-corrected chi connectivity index (χ0v) is 23.0. The first-order chi connectivity index (χ1) is 20.0. The molecular weight excluding hydrogens is 538 g/mol. The van der Waals surface area contributed by atoms with Crippen LogP contribution in [0.2, 0.25) is 5.02 Å². The van der Waals surface area contributed by atoms with Gasteiger partial charge in [-0.15, -0.1) is 0 Å². The number of hydrogen-bond acceptors (Lipinski definition) is 9. The molecule has 206 valence electrons. The van der Waals surface area contributed by atoms with Crippen LogP contribution in [0.5, 0.6) is 0 Å². The van der Waals surface area contributed by atoms with Gasteiger partial charge in [-0.25, -0.2) is 9.97 Å². The molecule has 2 aliphatic heterocycles. The molecule has 2 aliphatic rings. The highest BCUT2D eigenvalue weighted by atomic mass is 35.5. The number of nitriles is 1. The van der Waals surface area contributed by atoms with Gasteiger partial charge in [0.25, 0.3) is 0 Å². The summed E-state index contributed by atoms with van der Waals surface area (Å²) in [5.41, 5.74) is 5.06. The fraction of sp³-hybridized carbons (Fsp3) is 0.267. The first-order valence-corrected chi connectivity index (χ1v) is 13.9. The fourth-order valence-electron chi connectivity index (χ4n) is 5.24. The Hall–Kier alpha value is -4.75. The van der Waals surface area contributed by atoms with E-state index in [-0.39, 0.29) is 11.8 Å². The van der Waals surface area contributed by atoms with Crippen LogP contribution in [0.1, 0.15) is 36.0 Å². The Morgan fingerprint density at radius 2 is 1.93 bits per heavy atom. The van der Waals surface area contributed by atoms with E-state index in [1.54, 1.807) is 24.7 Å². The lowest BCUT2D eigenvalue weighted by Crippen LogP contribution is -2.35. The summed E-state index contributed by atoms with van der Waals surface area (Å²) >= 11 is 6.38.